The second-order valence-electron chi connectivity index (χ2n) is 6.05. The summed E-state index contributed by atoms with van der Waals surface area (Å²) in [6.07, 6.45) is 0. The number of likely N-dealkylation sites (N-methyl/N-ethyl adjacent to an activating group) is 1. The Morgan fingerprint density at radius 2 is 1.95 bits per heavy atom. The van der Waals surface area contributed by atoms with E-state index < -0.39 is 11.8 Å². The minimum atomic E-state index is -1.22. The molecule has 0 spiro atoms. The van der Waals surface area contributed by atoms with E-state index in [1.165, 1.54) is 12.1 Å². The first-order chi connectivity index (χ1) is 9.79. The van der Waals surface area contributed by atoms with Crippen molar-refractivity contribution < 1.29 is 14.3 Å². The van der Waals surface area contributed by atoms with Gasteiger partial charge in [0.25, 0.3) is 0 Å². The fourth-order valence-corrected chi connectivity index (χ4v) is 2.19. The SMILES string of the molecule is CC(C)CN(CCN(C)C)Cc1ccc(F)c(C(=O)O)c1. The van der Waals surface area contributed by atoms with Crippen LogP contribution in [0.3, 0.4) is 0 Å². The zero-order chi connectivity index (χ0) is 16.0. The summed E-state index contributed by atoms with van der Waals surface area (Å²) < 4.78 is 13.4. The van der Waals surface area contributed by atoms with E-state index in [1.807, 2.05) is 14.1 Å². The standard InChI is InChI=1S/C16H25FN2O2/c1-12(2)10-19(8-7-18(3)4)11-13-5-6-15(17)14(9-13)16(20)21/h5-6,9,12H,7-8,10-11H2,1-4H3,(H,20,21). The molecule has 0 atom stereocenters. The Labute approximate surface area is 126 Å². The lowest BCUT2D eigenvalue weighted by Gasteiger charge is -2.26. The van der Waals surface area contributed by atoms with Crippen LogP contribution in [0.1, 0.15) is 29.8 Å². The minimum Gasteiger partial charge on any atom is -0.478 e. The maximum Gasteiger partial charge on any atom is 0.338 e. The van der Waals surface area contributed by atoms with Gasteiger partial charge in [0.05, 0.1) is 5.56 Å². The predicted molar refractivity (Wildman–Crippen MR) is 82.0 cm³/mol. The number of benzene rings is 1. The van der Waals surface area contributed by atoms with Gasteiger partial charge >= 0.3 is 5.97 Å². The molecule has 0 aliphatic heterocycles. The molecule has 0 saturated heterocycles. The normalized spacial score (nSPS) is 11.6. The second kappa shape index (κ2) is 8.10. The molecule has 0 unspecified atom stereocenters. The quantitative estimate of drug-likeness (QED) is 0.800. The third-order valence-electron chi connectivity index (χ3n) is 3.15. The van der Waals surface area contributed by atoms with Gasteiger partial charge < -0.3 is 10.0 Å². The number of carbonyl (C=O) groups is 1. The molecule has 0 amide bonds. The van der Waals surface area contributed by atoms with E-state index in [0.717, 1.165) is 25.2 Å². The van der Waals surface area contributed by atoms with E-state index in [9.17, 15) is 9.18 Å². The van der Waals surface area contributed by atoms with Crippen LogP contribution in [-0.2, 0) is 6.54 Å². The molecule has 0 saturated carbocycles. The molecule has 1 N–H and O–H groups in total. The lowest BCUT2D eigenvalue weighted by molar-refractivity contribution is 0.0691. The molecule has 1 aromatic rings. The van der Waals surface area contributed by atoms with Crippen LogP contribution in [0.2, 0.25) is 0 Å². The number of aromatic carboxylic acids is 1. The van der Waals surface area contributed by atoms with Crippen molar-refractivity contribution in [3.8, 4) is 0 Å². The van der Waals surface area contributed by atoms with Gasteiger partial charge in [0, 0.05) is 26.2 Å². The van der Waals surface area contributed by atoms with Gasteiger partial charge in [0.1, 0.15) is 5.82 Å². The Hall–Kier alpha value is -1.46. The average Bonchev–Trinajstić information content (AvgIpc) is 2.37. The van der Waals surface area contributed by atoms with Crippen molar-refractivity contribution in [2.75, 3.05) is 33.7 Å². The Morgan fingerprint density at radius 3 is 2.48 bits per heavy atom. The Morgan fingerprint density at radius 1 is 1.29 bits per heavy atom. The third-order valence-corrected chi connectivity index (χ3v) is 3.15. The van der Waals surface area contributed by atoms with Crippen molar-refractivity contribution in [1.82, 2.24) is 9.80 Å². The zero-order valence-corrected chi connectivity index (χ0v) is 13.3. The maximum atomic E-state index is 13.4. The average molecular weight is 296 g/mol. The van der Waals surface area contributed by atoms with Crippen LogP contribution in [0, 0.1) is 11.7 Å². The number of hydrogen-bond acceptors (Lipinski definition) is 3. The van der Waals surface area contributed by atoms with E-state index in [1.54, 1.807) is 6.07 Å². The zero-order valence-electron chi connectivity index (χ0n) is 13.3. The van der Waals surface area contributed by atoms with Gasteiger partial charge in [-0.3, -0.25) is 4.90 Å². The highest BCUT2D eigenvalue weighted by Crippen LogP contribution is 2.13. The summed E-state index contributed by atoms with van der Waals surface area (Å²) in [4.78, 5) is 15.4. The van der Waals surface area contributed by atoms with Crippen LogP contribution >= 0.6 is 0 Å². The minimum absolute atomic E-state index is 0.260. The molecular weight excluding hydrogens is 271 g/mol. The molecule has 4 nitrogen and oxygen atoms in total. The first kappa shape index (κ1) is 17.6. The van der Waals surface area contributed by atoms with E-state index in [4.69, 9.17) is 5.11 Å². The molecule has 118 valence electrons. The van der Waals surface area contributed by atoms with Gasteiger partial charge in [-0.15, -0.1) is 0 Å². The summed E-state index contributed by atoms with van der Waals surface area (Å²) in [5.41, 5.74) is 0.567. The van der Waals surface area contributed by atoms with Crippen LogP contribution in [0.15, 0.2) is 18.2 Å². The van der Waals surface area contributed by atoms with Crippen LogP contribution < -0.4 is 0 Å². The van der Waals surface area contributed by atoms with E-state index in [2.05, 4.69) is 23.6 Å². The first-order valence-electron chi connectivity index (χ1n) is 7.18. The molecule has 0 aromatic heterocycles. The second-order valence-corrected chi connectivity index (χ2v) is 6.05. The predicted octanol–water partition coefficient (Wildman–Crippen LogP) is 2.54. The monoisotopic (exact) mass is 296 g/mol. The summed E-state index contributed by atoms with van der Waals surface area (Å²) in [5.74, 6) is -1.39. The highest BCUT2D eigenvalue weighted by atomic mass is 19.1. The van der Waals surface area contributed by atoms with Crippen LogP contribution in [0.25, 0.3) is 0 Å². The van der Waals surface area contributed by atoms with Crippen molar-refractivity contribution in [3.05, 3.63) is 35.1 Å². The molecule has 5 heteroatoms. The highest BCUT2D eigenvalue weighted by molar-refractivity contribution is 5.88. The van der Waals surface area contributed by atoms with Crippen LogP contribution in [-0.4, -0.2) is 54.6 Å². The number of nitrogens with zero attached hydrogens (tertiary/aromatic N) is 2. The van der Waals surface area contributed by atoms with Crippen molar-refractivity contribution in [3.63, 3.8) is 0 Å². The maximum absolute atomic E-state index is 13.4. The smallest absolute Gasteiger partial charge is 0.338 e. The van der Waals surface area contributed by atoms with Crippen molar-refractivity contribution >= 4 is 5.97 Å². The number of carboxylic acids is 1. The molecule has 1 aromatic carbocycles. The lowest BCUT2D eigenvalue weighted by Crippen LogP contribution is -2.34. The Kier molecular flexibility index (Phi) is 6.78. The summed E-state index contributed by atoms with van der Waals surface area (Å²) in [6, 6.07) is 4.32. The summed E-state index contributed by atoms with van der Waals surface area (Å²) in [7, 11) is 4.04. The Balaban J connectivity index is 2.82. The summed E-state index contributed by atoms with van der Waals surface area (Å²) in [6.45, 7) is 7.68. The number of carboxylic acid groups (broad SMARTS) is 1. The van der Waals surface area contributed by atoms with Gasteiger partial charge in [-0.1, -0.05) is 19.9 Å². The van der Waals surface area contributed by atoms with E-state index in [-0.39, 0.29) is 5.56 Å². The van der Waals surface area contributed by atoms with Crippen LogP contribution in [0.4, 0.5) is 4.39 Å². The van der Waals surface area contributed by atoms with Gasteiger partial charge in [0.15, 0.2) is 0 Å². The van der Waals surface area contributed by atoms with Gasteiger partial charge in [0.2, 0.25) is 0 Å². The third kappa shape index (κ3) is 6.23. The van der Waals surface area contributed by atoms with E-state index in [0.29, 0.717) is 12.5 Å². The molecule has 0 aliphatic rings. The number of rotatable bonds is 8. The van der Waals surface area contributed by atoms with Gasteiger partial charge in [-0.05, 0) is 37.7 Å². The molecule has 0 heterocycles. The summed E-state index contributed by atoms with van der Waals surface area (Å²) >= 11 is 0. The molecule has 21 heavy (non-hydrogen) atoms. The fraction of sp³-hybridized carbons (Fsp3) is 0.562. The van der Waals surface area contributed by atoms with Gasteiger partial charge in [-0.2, -0.15) is 0 Å². The Bertz CT molecular complexity index is 475. The van der Waals surface area contributed by atoms with Gasteiger partial charge in [-0.25, -0.2) is 9.18 Å². The molecule has 0 radical (unpaired) electrons. The molecule has 0 bridgehead atoms. The largest absolute Gasteiger partial charge is 0.478 e. The van der Waals surface area contributed by atoms with Crippen molar-refractivity contribution in [1.29, 1.82) is 0 Å². The van der Waals surface area contributed by atoms with Crippen LogP contribution in [0.5, 0.6) is 0 Å². The first-order valence-corrected chi connectivity index (χ1v) is 7.18. The molecule has 0 aliphatic carbocycles. The molecule has 0 fully saturated rings. The van der Waals surface area contributed by atoms with Crippen molar-refractivity contribution in [2.24, 2.45) is 5.92 Å². The fourth-order valence-electron chi connectivity index (χ4n) is 2.19. The molecular formula is C16H25FN2O2. The van der Waals surface area contributed by atoms with Crippen molar-refractivity contribution in [2.45, 2.75) is 20.4 Å². The highest BCUT2D eigenvalue weighted by Gasteiger charge is 2.13. The summed E-state index contributed by atoms with van der Waals surface area (Å²) in [5, 5.41) is 8.99. The topological polar surface area (TPSA) is 43.8 Å². The number of halogens is 1. The van der Waals surface area contributed by atoms with E-state index >= 15 is 0 Å². The molecule has 1 rings (SSSR count). The lowest BCUT2D eigenvalue weighted by atomic mass is 10.1. The number of hydrogen-bond donors (Lipinski definition) is 1.